The zero-order valence-corrected chi connectivity index (χ0v) is 15.4. The number of para-hydroxylation sites is 1. The summed E-state index contributed by atoms with van der Waals surface area (Å²) in [5, 5.41) is 1.25. The molecule has 0 bridgehead atoms. The Balaban J connectivity index is 1.46. The second-order valence-electron chi connectivity index (χ2n) is 6.62. The van der Waals surface area contributed by atoms with Gasteiger partial charge in [-0.1, -0.05) is 43.7 Å². The van der Waals surface area contributed by atoms with Crippen LogP contribution >= 0.6 is 0 Å². The molecule has 4 aromatic rings. The number of aromatic nitrogens is 1. The first kappa shape index (κ1) is 17.2. The lowest BCUT2D eigenvalue weighted by Gasteiger charge is -2.10. The molecule has 0 fully saturated rings. The maximum Gasteiger partial charge on any atom is 0.127 e. The number of benzene rings is 3. The highest BCUT2D eigenvalue weighted by molar-refractivity contribution is 5.84. The SMILES string of the molecule is CCCc1c[nH]c2ccc(OCc3cccc(Oc4ccccc4)c3)cc12. The van der Waals surface area contributed by atoms with Gasteiger partial charge in [0.25, 0.3) is 0 Å². The number of fused-ring (bicyclic) bond motifs is 1. The largest absolute Gasteiger partial charge is 0.489 e. The van der Waals surface area contributed by atoms with E-state index in [0.717, 1.165) is 41.2 Å². The molecular formula is C24H23NO2. The van der Waals surface area contributed by atoms with E-state index in [0.29, 0.717) is 6.61 Å². The Morgan fingerprint density at radius 1 is 0.815 bits per heavy atom. The van der Waals surface area contributed by atoms with Gasteiger partial charge in [-0.25, -0.2) is 0 Å². The molecule has 1 N–H and O–H groups in total. The molecule has 27 heavy (non-hydrogen) atoms. The van der Waals surface area contributed by atoms with Crippen LogP contribution in [0.4, 0.5) is 0 Å². The van der Waals surface area contributed by atoms with Gasteiger partial charge < -0.3 is 14.5 Å². The quantitative estimate of drug-likeness (QED) is 0.410. The van der Waals surface area contributed by atoms with Gasteiger partial charge in [0.2, 0.25) is 0 Å². The minimum Gasteiger partial charge on any atom is -0.489 e. The maximum absolute atomic E-state index is 6.04. The number of rotatable bonds is 7. The second-order valence-corrected chi connectivity index (χ2v) is 6.62. The van der Waals surface area contributed by atoms with Gasteiger partial charge in [0.15, 0.2) is 0 Å². The Morgan fingerprint density at radius 3 is 2.52 bits per heavy atom. The first-order chi connectivity index (χ1) is 13.3. The van der Waals surface area contributed by atoms with Crippen molar-refractivity contribution in [3.8, 4) is 17.2 Å². The van der Waals surface area contributed by atoms with Crippen molar-refractivity contribution < 1.29 is 9.47 Å². The number of H-pyrrole nitrogens is 1. The van der Waals surface area contributed by atoms with Crippen LogP contribution in [-0.2, 0) is 13.0 Å². The van der Waals surface area contributed by atoms with E-state index in [2.05, 4.69) is 36.3 Å². The van der Waals surface area contributed by atoms with Crippen LogP contribution in [0.1, 0.15) is 24.5 Å². The average molecular weight is 357 g/mol. The normalized spacial score (nSPS) is 10.9. The molecule has 0 saturated carbocycles. The molecular weight excluding hydrogens is 334 g/mol. The molecule has 0 atom stereocenters. The van der Waals surface area contributed by atoms with Gasteiger partial charge in [-0.15, -0.1) is 0 Å². The van der Waals surface area contributed by atoms with E-state index >= 15 is 0 Å². The number of nitrogens with one attached hydrogen (secondary N) is 1. The molecule has 136 valence electrons. The van der Waals surface area contributed by atoms with Crippen molar-refractivity contribution in [1.29, 1.82) is 0 Å². The lowest BCUT2D eigenvalue weighted by molar-refractivity contribution is 0.306. The predicted octanol–water partition coefficient (Wildman–Crippen LogP) is 6.49. The lowest BCUT2D eigenvalue weighted by Crippen LogP contribution is -1.96. The fourth-order valence-corrected chi connectivity index (χ4v) is 3.21. The van der Waals surface area contributed by atoms with E-state index in [1.807, 2.05) is 54.6 Å². The lowest BCUT2D eigenvalue weighted by atomic mass is 10.1. The molecule has 0 amide bonds. The van der Waals surface area contributed by atoms with Gasteiger partial charge in [-0.05, 0) is 60.0 Å². The van der Waals surface area contributed by atoms with Crippen LogP contribution in [0.25, 0.3) is 10.9 Å². The number of ether oxygens (including phenoxy) is 2. The molecule has 4 rings (SSSR count). The highest BCUT2D eigenvalue weighted by atomic mass is 16.5. The summed E-state index contributed by atoms with van der Waals surface area (Å²) >= 11 is 0. The van der Waals surface area contributed by atoms with Crippen LogP contribution in [0.2, 0.25) is 0 Å². The van der Waals surface area contributed by atoms with E-state index in [-0.39, 0.29) is 0 Å². The van der Waals surface area contributed by atoms with Gasteiger partial charge in [-0.2, -0.15) is 0 Å². The second kappa shape index (κ2) is 8.00. The van der Waals surface area contributed by atoms with Crippen molar-refractivity contribution in [2.75, 3.05) is 0 Å². The Labute approximate surface area is 159 Å². The highest BCUT2D eigenvalue weighted by Gasteiger charge is 2.06. The molecule has 1 aromatic heterocycles. The number of aromatic amines is 1. The Morgan fingerprint density at radius 2 is 1.67 bits per heavy atom. The highest BCUT2D eigenvalue weighted by Crippen LogP contribution is 2.26. The average Bonchev–Trinajstić information content (AvgIpc) is 3.10. The molecule has 0 spiro atoms. The van der Waals surface area contributed by atoms with Gasteiger partial charge >= 0.3 is 0 Å². The zero-order valence-electron chi connectivity index (χ0n) is 15.4. The Hall–Kier alpha value is -3.20. The molecule has 0 unspecified atom stereocenters. The van der Waals surface area contributed by atoms with Crippen molar-refractivity contribution >= 4 is 10.9 Å². The van der Waals surface area contributed by atoms with Gasteiger partial charge in [-0.3, -0.25) is 0 Å². The van der Waals surface area contributed by atoms with Gasteiger partial charge in [0.05, 0.1) is 0 Å². The Bertz CT molecular complexity index is 1020. The minimum absolute atomic E-state index is 0.505. The number of hydrogen-bond acceptors (Lipinski definition) is 2. The molecule has 3 heteroatoms. The summed E-state index contributed by atoms with van der Waals surface area (Å²) in [6.45, 7) is 2.70. The van der Waals surface area contributed by atoms with Crippen molar-refractivity contribution in [2.24, 2.45) is 0 Å². The molecule has 0 aliphatic heterocycles. The van der Waals surface area contributed by atoms with Crippen molar-refractivity contribution in [3.05, 3.63) is 90.1 Å². The van der Waals surface area contributed by atoms with E-state index in [4.69, 9.17) is 9.47 Å². The smallest absolute Gasteiger partial charge is 0.127 e. The van der Waals surface area contributed by atoms with Crippen LogP contribution < -0.4 is 9.47 Å². The third-order valence-corrected chi connectivity index (χ3v) is 4.54. The summed E-state index contributed by atoms with van der Waals surface area (Å²) < 4.78 is 11.9. The van der Waals surface area contributed by atoms with Gasteiger partial charge in [0.1, 0.15) is 23.9 Å². The van der Waals surface area contributed by atoms with Crippen molar-refractivity contribution in [2.45, 2.75) is 26.4 Å². The number of hydrogen-bond donors (Lipinski definition) is 1. The van der Waals surface area contributed by atoms with E-state index < -0.39 is 0 Å². The first-order valence-electron chi connectivity index (χ1n) is 9.36. The summed E-state index contributed by atoms with van der Waals surface area (Å²) in [5.41, 5.74) is 3.58. The van der Waals surface area contributed by atoms with E-state index in [1.54, 1.807) is 0 Å². The number of aryl methyl sites for hydroxylation is 1. The van der Waals surface area contributed by atoms with Crippen molar-refractivity contribution in [3.63, 3.8) is 0 Å². The predicted molar refractivity (Wildman–Crippen MR) is 110 cm³/mol. The molecule has 0 aliphatic rings. The van der Waals surface area contributed by atoms with Crippen molar-refractivity contribution in [1.82, 2.24) is 4.98 Å². The van der Waals surface area contributed by atoms with Crippen LogP contribution in [0.5, 0.6) is 17.2 Å². The monoisotopic (exact) mass is 357 g/mol. The van der Waals surface area contributed by atoms with Crippen LogP contribution in [-0.4, -0.2) is 4.98 Å². The molecule has 1 heterocycles. The minimum atomic E-state index is 0.505. The molecule has 0 radical (unpaired) electrons. The molecule has 0 aliphatic carbocycles. The topological polar surface area (TPSA) is 34.2 Å². The third kappa shape index (κ3) is 4.14. The fourth-order valence-electron chi connectivity index (χ4n) is 3.21. The summed E-state index contributed by atoms with van der Waals surface area (Å²) in [6, 6.07) is 24.0. The summed E-state index contributed by atoms with van der Waals surface area (Å²) in [4.78, 5) is 3.33. The first-order valence-corrected chi connectivity index (χ1v) is 9.36. The molecule has 3 aromatic carbocycles. The third-order valence-electron chi connectivity index (χ3n) is 4.54. The van der Waals surface area contributed by atoms with Gasteiger partial charge in [0, 0.05) is 17.1 Å². The maximum atomic E-state index is 6.04. The van der Waals surface area contributed by atoms with Crippen LogP contribution in [0.3, 0.4) is 0 Å². The van der Waals surface area contributed by atoms with E-state index in [1.165, 1.54) is 10.9 Å². The molecule has 3 nitrogen and oxygen atoms in total. The fraction of sp³-hybridized carbons (Fsp3) is 0.167. The summed E-state index contributed by atoms with van der Waals surface area (Å²) in [7, 11) is 0. The van der Waals surface area contributed by atoms with Crippen LogP contribution in [0.15, 0.2) is 79.0 Å². The summed E-state index contributed by atoms with van der Waals surface area (Å²) in [5.74, 6) is 2.53. The summed E-state index contributed by atoms with van der Waals surface area (Å²) in [6.07, 6.45) is 4.30. The zero-order chi connectivity index (χ0) is 18.5. The van der Waals surface area contributed by atoms with Crippen LogP contribution in [0, 0.1) is 0 Å². The standard InChI is InChI=1S/C24H23NO2/c1-2-7-19-16-25-24-13-12-21(15-23(19)24)26-17-18-8-6-11-22(14-18)27-20-9-4-3-5-10-20/h3-6,8-16,25H,2,7,17H2,1H3. The Kier molecular flexibility index (Phi) is 5.10. The van der Waals surface area contributed by atoms with E-state index in [9.17, 15) is 0 Å². The molecule has 0 saturated heterocycles.